The Hall–Kier alpha value is -2.23. The Morgan fingerprint density at radius 3 is 2.32 bits per heavy atom. The fourth-order valence-corrected chi connectivity index (χ4v) is 5.63. The van der Waals surface area contributed by atoms with Gasteiger partial charge >= 0.3 is 0 Å². The summed E-state index contributed by atoms with van der Waals surface area (Å²) in [6.45, 7) is 0.408. The number of benzene rings is 2. The number of anilines is 1. The van der Waals surface area contributed by atoms with Crippen LogP contribution in [0.5, 0.6) is 0 Å². The molecule has 0 bridgehead atoms. The van der Waals surface area contributed by atoms with Gasteiger partial charge in [-0.3, -0.25) is 4.79 Å². The fraction of sp³-hybridized carbons (Fsp3) is 0.316. The van der Waals surface area contributed by atoms with Gasteiger partial charge in [-0.1, -0.05) is 30.3 Å². The number of rotatable bonds is 5. The Labute approximate surface area is 165 Å². The average molecular weight is 423 g/mol. The molecule has 1 aliphatic rings. The Bertz CT molecular complexity index is 1070. The molecule has 1 fully saturated rings. The monoisotopic (exact) mass is 422 g/mol. The van der Waals surface area contributed by atoms with E-state index in [0.29, 0.717) is 19.4 Å². The van der Waals surface area contributed by atoms with Crippen LogP contribution in [-0.2, 0) is 24.7 Å². The molecule has 7 nitrogen and oxygen atoms in total. The summed E-state index contributed by atoms with van der Waals surface area (Å²) in [6.07, 6.45) is 2.17. The van der Waals surface area contributed by atoms with Gasteiger partial charge in [-0.05, 0) is 37.1 Å². The van der Waals surface area contributed by atoms with Gasteiger partial charge in [0, 0.05) is 19.3 Å². The lowest BCUT2D eigenvalue weighted by atomic mass is 9.99. The summed E-state index contributed by atoms with van der Waals surface area (Å²) in [5.41, 5.74) is 0.207. The van der Waals surface area contributed by atoms with Crippen molar-refractivity contribution in [3.05, 3.63) is 54.6 Å². The van der Waals surface area contributed by atoms with Crippen molar-refractivity contribution in [3.63, 3.8) is 0 Å². The van der Waals surface area contributed by atoms with E-state index >= 15 is 0 Å². The minimum Gasteiger partial charge on any atom is -0.325 e. The van der Waals surface area contributed by atoms with Crippen LogP contribution in [0.15, 0.2) is 64.4 Å². The molecule has 1 atom stereocenters. The summed E-state index contributed by atoms with van der Waals surface area (Å²) < 4.78 is 50.8. The van der Waals surface area contributed by atoms with Gasteiger partial charge in [0.15, 0.2) is 9.84 Å². The topological polar surface area (TPSA) is 101 Å². The predicted molar refractivity (Wildman–Crippen MR) is 106 cm³/mol. The van der Waals surface area contributed by atoms with Gasteiger partial charge < -0.3 is 5.32 Å². The van der Waals surface area contributed by atoms with Gasteiger partial charge in [-0.2, -0.15) is 4.31 Å². The third-order valence-electron chi connectivity index (χ3n) is 4.68. The maximum atomic E-state index is 12.8. The van der Waals surface area contributed by atoms with Crippen molar-refractivity contribution in [2.24, 2.45) is 5.92 Å². The first-order valence-electron chi connectivity index (χ1n) is 8.85. The van der Waals surface area contributed by atoms with Gasteiger partial charge in [0.1, 0.15) is 0 Å². The van der Waals surface area contributed by atoms with Crippen LogP contribution in [0.4, 0.5) is 5.69 Å². The van der Waals surface area contributed by atoms with Gasteiger partial charge in [0.2, 0.25) is 15.9 Å². The molecule has 3 rings (SSSR count). The Morgan fingerprint density at radius 2 is 1.64 bits per heavy atom. The number of carbonyl (C=O) groups excluding carboxylic acids is 1. The van der Waals surface area contributed by atoms with Crippen LogP contribution in [0, 0.1) is 5.92 Å². The number of nitrogens with one attached hydrogen (secondary N) is 1. The lowest BCUT2D eigenvalue weighted by molar-refractivity contribution is -0.120. The summed E-state index contributed by atoms with van der Waals surface area (Å²) in [5.74, 6) is -0.941. The quantitative estimate of drug-likeness (QED) is 0.796. The molecule has 1 amide bonds. The summed E-state index contributed by atoms with van der Waals surface area (Å²) in [7, 11) is -7.18. The number of hydrogen-bond acceptors (Lipinski definition) is 5. The average Bonchev–Trinajstić information content (AvgIpc) is 2.68. The van der Waals surface area contributed by atoms with Crippen molar-refractivity contribution in [3.8, 4) is 0 Å². The van der Waals surface area contributed by atoms with E-state index in [4.69, 9.17) is 0 Å². The number of sulfonamides is 1. The fourth-order valence-electron chi connectivity index (χ4n) is 3.24. The molecule has 9 heteroatoms. The first-order chi connectivity index (χ1) is 13.2. The van der Waals surface area contributed by atoms with Crippen molar-refractivity contribution >= 4 is 31.5 Å². The molecule has 1 heterocycles. The minimum atomic E-state index is -3.68. The van der Waals surface area contributed by atoms with Crippen LogP contribution in [0.1, 0.15) is 12.8 Å². The molecule has 150 valence electrons. The van der Waals surface area contributed by atoms with Gasteiger partial charge in [-0.15, -0.1) is 0 Å². The van der Waals surface area contributed by atoms with Gasteiger partial charge in [0.25, 0.3) is 0 Å². The minimum absolute atomic E-state index is 0.0351. The first-order valence-corrected chi connectivity index (χ1v) is 12.2. The number of amides is 1. The molecular formula is C19H22N2O5S2. The van der Waals surface area contributed by atoms with E-state index in [0.717, 1.165) is 6.26 Å². The van der Waals surface area contributed by atoms with Crippen LogP contribution in [0.2, 0.25) is 0 Å². The molecule has 2 aromatic rings. The molecule has 0 aromatic heterocycles. The van der Waals surface area contributed by atoms with Gasteiger partial charge in [0.05, 0.1) is 21.4 Å². The highest BCUT2D eigenvalue weighted by molar-refractivity contribution is 7.91. The van der Waals surface area contributed by atoms with Crippen molar-refractivity contribution in [1.29, 1.82) is 0 Å². The van der Waals surface area contributed by atoms with E-state index in [9.17, 15) is 21.6 Å². The standard InChI is InChI=1S/C19H22N2O5S2/c1-27(23,24)18-12-6-5-11-17(18)20-19(22)15-8-7-13-21(14-15)28(25,26)16-9-3-2-4-10-16/h2-6,9-12,15H,7-8,13-14H2,1H3,(H,20,22). The van der Waals surface area contributed by atoms with E-state index in [2.05, 4.69) is 5.32 Å². The molecule has 28 heavy (non-hydrogen) atoms. The highest BCUT2D eigenvalue weighted by Gasteiger charge is 2.33. The molecule has 0 saturated carbocycles. The van der Waals surface area contributed by atoms with E-state index in [-0.39, 0.29) is 27.9 Å². The third kappa shape index (κ3) is 4.43. The highest BCUT2D eigenvalue weighted by Crippen LogP contribution is 2.26. The second kappa shape index (κ2) is 8.02. The number of hydrogen-bond donors (Lipinski definition) is 1. The summed E-state index contributed by atoms with van der Waals surface area (Å²) in [6, 6.07) is 14.3. The van der Waals surface area contributed by atoms with E-state index < -0.39 is 25.8 Å². The van der Waals surface area contributed by atoms with Crippen molar-refractivity contribution < 1.29 is 21.6 Å². The number of sulfone groups is 1. The Morgan fingerprint density at radius 1 is 1.00 bits per heavy atom. The van der Waals surface area contributed by atoms with Crippen LogP contribution >= 0.6 is 0 Å². The van der Waals surface area contributed by atoms with E-state index in [1.807, 2.05) is 0 Å². The maximum Gasteiger partial charge on any atom is 0.243 e. The largest absolute Gasteiger partial charge is 0.325 e. The number of nitrogens with zero attached hydrogens (tertiary/aromatic N) is 1. The smallest absolute Gasteiger partial charge is 0.243 e. The first kappa shape index (κ1) is 20.5. The second-order valence-corrected chi connectivity index (χ2v) is 10.7. The lowest BCUT2D eigenvalue weighted by Crippen LogP contribution is -2.43. The molecule has 2 aromatic carbocycles. The zero-order chi connectivity index (χ0) is 20.4. The molecule has 1 unspecified atom stereocenters. The molecule has 1 saturated heterocycles. The van der Waals surface area contributed by atoms with Crippen LogP contribution in [-0.4, -0.2) is 46.4 Å². The normalized spacial score (nSPS) is 18.5. The summed E-state index contributed by atoms with van der Waals surface area (Å²) in [5, 5.41) is 2.66. The highest BCUT2D eigenvalue weighted by atomic mass is 32.2. The van der Waals surface area contributed by atoms with Crippen molar-refractivity contribution in [2.75, 3.05) is 24.7 Å². The summed E-state index contributed by atoms with van der Waals surface area (Å²) >= 11 is 0. The number of carbonyl (C=O) groups is 1. The van der Waals surface area contributed by atoms with E-state index in [1.165, 1.54) is 28.6 Å². The molecule has 0 radical (unpaired) electrons. The second-order valence-electron chi connectivity index (χ2n) is 6.77. The van der Waals surface area contributed by atoms with Crippen LogP contribution < -0.4 is 5.32 Å². The molecule has 0 aliphatic carbocycles. The lowest BCUT2D eigenvalue weighted by Gasteiger charge is -2.31. The third-order valence-corrected chi connectivity index (χ3v) is 7.71. The Balaban J connectivity index is 1.78. The molecule has 1 aliphatic heterocycles. The molecular weight excluding hydrogens is 400 g/mol. The van der Waals surface area contributed by atoms with Crippen LogP contribution in [0.25, 0.3) is 0 Å². The zero-order valence-corrected chi connectivity index (χ0v) is 17.0. The molecule has 1 N–H and O–H groups in total. The van der Waals surface area contributed by atoms with E-state index in [1.54, 1.807) is 30.3 Å². The van der Waals surface area contributed by atoms with Crippen molar-refractivity contribution in [1.82, 2.24) is 4.31 Å². The maximum absolute atomic E-state index is 12.8. The zero-order valence-electron chi connectivity index (χ0n) is 15.4. The summed E-state index contributed by atoms with van der Waals surface area (Å²) in [4.78, 5) is 13.0. The van der Waals surface area contributed by atoms with Crippen LogP contribution in [0.3, 0.4) is 0 Å². The van der Waals surface area contributed by atoms with Crippen molar-refractivity contribution in [2.45, 2.75) is 22.6 Å². The number of para-hydroxylation sites is 1. The predicted octanol–water partition coefficient (Wildman–Crippen LogP) is 2.13. The number of piperidine rings is 1. The molecule has 0 spiro atoms. The Kier molecular flexibility index (Phi) is 5.87. The van der Waals surface area contributed by atoms with Gasteiger partial charge in [-0.25, -0.2) is 16.8 Å². The SMILES string of the molecule is CS(=O)(=O)c1ccccc1NC(=O)C1CCCN(S(=O)(=O)c2ccccc2)C1.